The number of rotatable bonds is 40. The van der Waals surface area contributed by atoms with Crippen molar-refractivity contribution in [2.75, 3.05) is 65.9 Å². The number of hydrogen-bond acceptors (Lipinski definition) is 14. The Kier molecular flexibility index (Phi) is 31.0. The molecule has 4 aliphatic carbocycles. The minimum Gasteiger partial charge on any atom is -0.466 e. The monoisotopic (exact) mass is 974 g/mol. The molecule has 69 heavy (non-hydrogen) atoms. The minimum absolute atomic E-state index is 0.0715. The molecular formula is C55H91NO13. The van der Waals surface area contributed by atoms with Gasteiger partial charge in [-0.2, -0.15) is 0 Å². The molecule has 4 aliphatic rings. The van der Waals surface area contributed by atoms with Crippen molar-refractivity contribution in [2.24, 2.45) is 35.0 Å². The standard InChI is InChI=1S/C55H91NO13/c1-5-9-11-13-15-23-31-63-49(57)26-19-17-21-28-51(59)66-40-55(43-69-54(62)65-33-25-30-56(7-3)8-4,42-68-53(61)39-48-46-35-44-34-45(37-46)38-47(48)36-44)41-67-52(60)29-22-18-20-27-50(58)64-32-24-16-14-12-10-6-2/h9-12,44-48H,5-8,13-43H2,1-4H3/b11-9-,12-10-. The van der Waals surface area contributed by atoms with Crippen LogP contribution in [0.25, 0.3) is 0 Å². The number of hydrogen-bond donors (Lipinski definition) is 0. The summed E-state index contributed by atoms with van der Waals surface area (Å²) in [6, 6.07) is 0. The van der Waals surface area contributed by atoms with Crippen molar-refractivity contribution >= 4 is 36.0 Å². The minimum atomic E-state index is -1.42. The molecule has 0 heterocycles. The van der Waals surface area contributed by atoms with E-state index in [4.69, 9.17) is 33.2 Å². The van der Waals surface area contributed by atoms with Crippen LogP contribution in [0.1, 0.15) is 188 Å². The Morgan fingerprint density at radius 2 is 0.870 bits per heavy atom. The van der Waals surface area contributed by atoms with E-state index in [2.05, 4.69) is 56.9 Å². The highest BCUT2D eigenvalue weighted by Crippen LogP contribution is 2.57. The van der Waals surface area contributed by atoms with E-state index in [0.29, 0.717) is 70.0 Å². The molecule has 4 fully saturated rings. The third-order valence-corrected chi connectivity index (χ3v) is 14.1. The van der Waals surface area contributed by atoms with Crippen LogP contribution < -0.4 is 0 Å². The predicted molar refractivity (Wildman–Crippen MR) is 265 cm³/mol. The fourth-order valence-corrected chi connectivity index (χ4v) is 10.2. The number of ether oxygens (including phenoxy) is 7. The molecule has 0 saturated heterocycles. The lowest BCUT2D eigenvalue weighted by molar-refractivity contribution is -0.167. The van der Waals surface area contributed by atoms with Crippen LogP contribution >= 0.6 is 0 Å². The zero-order valence-electron chi connectivity index (χ0n) is 43.2. The summed E-state index contributed by atoms with van der Waals surface area (Å²) in [5.74, 6) is 0.890. The largest absolute Gasteiger partial charge is 0.508 e. The first kappa shape index (κ1) is 59.4. The Balaban J connectivity index is 1.58. The van der Waals surface area contributed by atoms with Crippen LogP contribution in [-0.2, 0) is 57.1 Å². The fraction of sp³-hybridized carbons (Fsp3) is 0.818. The first-order valence-electron chi connectivity index (χ1n) is 27.1. The van der Waals surface area contributed by atoms with Gasteiger partial charge in [0.25, 0.3) is 0 Å². The lowest BCUT2D eigenvalue weighted by Gasteiger charge is -2.54. The quantitative estimate of drug-likeness (QED) is 0.0246. The molecule has 0 spiro atoms. The molecule has 0 aromatic rings. The lowest BCUT2D eigenvalue weighted by atomic mass is 9.51. The summed E-state index contributed by atoms with van der Waals surface area (Å²) in [5.41, 5.74) is -1.42. The molecule has 14 heteroatoms. The molecule has 0 radical (unpaired) electrons. The van der Waals surface area contributed by atoms with Crippen LogP contribution in [-0.4, -0.2) is 107 Å². The normalized spacial score (nSPS) is 19.5. The van der Waals surface area contributed by atoms with Crippen LogP contribution in [0, 0.1) is 35.0 Å². The molecule has 0 amide bonds. The third-order valence-electron chi connectivity index (χ3n) is 14.1. The van der Waals surface area contributed by atoms with E-state index in [1.807, 2.05) is 0 Å². The first-order valence-corrected chi connectivity index (χ1v) is 27.1. The van der Waals surface area contributed by atoms with Gasteiger partial charge in [0.2, 0.25) is 0 Å². The van der Waals surface area contributed by atoms with Gasteiger partial charge in [-0.1, -0.05) is 64.8 Å². The number of unbranched alkanes of at least 4 members (excludes halogenated alkanes) is 8. The molecule has 0 N–H and O–H groups in total. The van der Waals surface area contributed by atoms with E-state index in [1.54, 1.807) is 0 Å². The molecule has 394 valence electrons. The fourth-order valence-electron chi connectivity index (χ4n) is 10.2. The molecule has 0 aromatic carbocycles. The van der Waals surface area contributed by atoms with Gasteiger partial charge in [0.15, 0.2) is 0 Å². The van der Waals surface area contributed by atoms with E-state index in [1.165, 1.54) is 6.42 Å². The highest BCUT2D eigenvalue weighted by molar-refractivity contribution is 5.71. The first-order chi connectivity index (χ1) is 33.5. The molecule has 0 unspecified atom stereocenters. The molecule has 0 aliphatic heterocycles. The third kappa shape index (κ3) is 26.2. The van der Waals surface area contributed by atoms with Crippen molar-refractivity contribution in [3.8, 4) is 0 Å². The van der Waals surface area contributed by atoms with Crippen molar-refractivity contribution in [2.45, 2.75) is 188 Å². The van der Waals surface area contributed by atoms with E-state index < -0.39 is 30.1 Å². The van der Waals surface area contributed by atoms with Crippen molar-refractivity contribution in [3.05, 3.63) is 24.3 Å². The molecule has 4 rings (SSSR count). The second-order valence-electron chi connectivity index (χ2n) is 19.9. The van der Waals surface area contributed by atoms with Gasteiger partial charge in [0, 0.05) is 38.6 Å². The molecule has 0 atom stereocenters. The van der Waals surface area contributed by atoms with Crippen molar-refractivity contribution < 1.29 is 61.9 Å². The highest BCUT2D eigenvalue weighted by Gasteiger charge is 2.49. The summed E-state index contributed by atoms with van der Waals surface area (Å²) >= 11 is 0. The van der Waals surface area contributed by atoms with Gasteiger partial charge >= 0.3 is 36.0 Å². The Bertz CT molecular complexity index is 1450. The predicted octanol–water partition coefficient (Wildman–Crippen LogP) is 11.2. The molecule has 4 bridgehead atoms. The second kappa shape index (κ2) is 36.1. The van der Waals surface area contributed by atoms with Gasteiger partial charge in [0.1, 0.15) is 31.8 Å². The Labute approximate surface area is 415 Å². The summed E-state index contributed by atoms with van der Waals surface area (Å²) in [4.78, 5) is 79.8. The van der Waals surface area contributed by atoms with Gasteiger partial charge in [-0.15, -0.1) is 0 Å². The summed E-state index contributed by atoms with van der Waals surface area (Å²) in [6.45, 7) is 10.3. The van der Waals surface area contributed by atoms with Gasteiger partial charge in [-0.25, -0.2) is 4.79 Å². The van der Waals surface area contributed by atoms with Gasteiger partial charge in [-0.3, -0.25) is 24.0 Å². The summed E-state index contributed by atoms with van der Waals surface area (Å²) in [5, 5.41) is 0. The number of carbonyl (C=O) groups excluding carboxylic acids is 6. The maximum atomic E-state index is 13.7. The zero-order chi connectivity index (χ0) is 50.0. The maximum Gasteiger partial charge on any atom is 0.508 e. The molecule has 14 nitrogen and oxygen atoms in total. The van der Waals surface area contributed by atoms with Crippen LogP contribution in [0.5, 0.6) is 0 Å². The Morgan fingerprint density at radius 1 is 0.449 bits per heavy atom. The smallest absolute Gasteiger partial charge is 0.466 e. The van der Waals surface area contributed by atoms with Gasteiger partial charge < -0.3 is 38.1 Å². The number of allylic oxidation sites excluding steroid dienone is 4. The van der Waals surface area contributed by atoms with E-state index in [9.17, 15) is 28.8 Å². The van der Waals surface area contributed by atoms with Crippen LogP contribution in [0.2, 0.25) is 0 Å². The summed E-state index contributed by atoms with van der Waals surface area (Å²) in [6.07, 6.45) is 26.0. The average Bonchev–Trinajstić information content (AvgIpc) is 3.33. The van der Waals surface area contributed by atoms with Crippen molar-refractivity contribution in [1.82, 2.24) is 4.90 Å². The average molecular weight is 974 g/mol. The van der Waals surface area contributed by atoms with Crippen molar-refractivity contribution in [3.63, 3.8) is 0 Å². The topological polar surface area (TPSA) is 170 Å². The number of carbonyl (C=O) groups is 6. The number of esters is 5. The Hall–Kier alpha value is -3.94. The summed E-state index contributed by atoms with van der Waals surface area (Å²) in [7, 11) is 0. The second-order valence-corrected chi connectivity index (χ2v) is 19.9. The van der Waals surface area contributed by atoms with Gasteiger partial charge in [0.05, 0.1) is 19.8 Å². The van der Waals surface area contributed by atoms with Crippen LogP contribution in [0.4, 0.5) is 4.79 Å². The Morgan fingerprint density at radius 3 is 1.32 bits per heavy atom. The van der Waals surface area contributed by atoms with E-state index in [0.717, 1.165) is 109 Å². The zero-order valence-corrected chi connectivity index (χ0v) is 43.2. The van der Waals surface area contributed by atoms with E-state index >= 15 is 0 Å². The summed E-state index contributed by atoms with van der Waals surface area (Å²) < 4.78 is 39.3. The molecule has 4 saturated carbocycles. The van der Waals surface area contributed by atoms with Crippen molar-refractivity contribution in [1.29, 1.82) is 0 Å². The molecule has 0 aromatic heterocycles. The van der Waals surface area contributed by atoms with Gasteiger partial charge in [-0.05, 0) is 158 Å². The molecular weight excluding hydrogens is 883 g/mol. The maximum absolute atomic E-state index is 13.7. The highest BCUT2D eigenvalue weighted by atomic mass is 16.7. The van der Waals surface area contributed by atoms with Crippen LogP contribution in [0.15, 0.2) is 24.3 Å². The van der Waals surface area contributed by atoms with E-state index in [-0.39, 0.29) is 82.4 Å². The van der Waals surface area contributed by atoms with Crippen LogP contribution in [0.3, 0.4) is 0 Å². The number of nitrogens with zero attached hydrogens (tertiary/aromatic N) is 1. The lowest BCUT2D eigenvalue weighted by Crippen LogP contribution is -2.46. The SMILES string of the molecule is CC/C=C\CCCCOC(=O)CCCCCC(=O)OCC(COC(=O)CCCCCC(=O)OCCCC/C=C\CC)(COC(=O)CC1C2CC3CC(C2)CC1C3)COC(=O)OCCCN(CC)CC.